The normalized spacial score (nSPS) is 26.9. The zero-order valence-corrected chi connectivity index (χ0v) is 14.7. The lowest BCUT2D eigenvalue weighted by atomic mass is 9.69. The molecule has 4 rings (SSSR count). The molecule has 8 heteroatoms. The van der Waals surface area contributed by atoms with E-state index >= 15 is 0 Å². The van der Waals surface area contributed by atoms with Gasteiger partial charge in [0.2, 0.25) is 5.95 Å². The Balaban J connectivity index is 1.62. The van der Waals surface area contributed by atoms with Crippen LogP contribution in [0.4, 0.5) is 14.7 Å². The van der Waals surface area contributed by atoms with Crippen LogP contribution in [0.3, 0.4) is 0 Å². The van der Waals surface area contributed by atoms with Gasteiger partial charge in [0.1, 0.15) is 5.60 Å². The van der Waals surface area contributed by atoms with Crippen molar-refractivity contribution in [3.05, 3.63) is 23.7 Å². The van der Waals surface area contributed by atoms with Crippen LogP contribution in [0.25, 0.3) is 10.9 Å². The van der Waals surface area contributed by atoms with Gasteiger partial charge in [-0.1, -0.05) is 0 Å². The second-order valence-corrected chi connectivity index (χ2v) is 7.46. The number of fused-ring (bicyclic) bond motifs is 1. The van der Waals surface area contributed by atoms with E-state index in [1.165, 1.54) is 0 Å². The summed E-state index contributed by atoms with van der Waals surface area (Å²) in [6, 6.07) is 2.22. The van der Waals surface area contributed by atoms with E-state index in [-0.39, 0.29) is 18.8 Å². The lowest BCUT2D eigenvalue weighted by Crippen LogP contribution is -2.48. The summed E-state index contributed by atoms with van der Waals surface area (Å²) in [6.45, 7) is 3.79. The van der Waals surface area contributed by atoms with Crippen LogP contribution in [-0.2, 0) is 0 Å². The predicted octanol–water partition coefficient (Wildman–Crippen LogP) is 2.37. The number of nitrogens with one attached hydrogen (secondary N) is 2. The molecule has 1 aliphatic heterocycles. The smallest absolute Gasteiger partial charge is 0.266 e. The Morgan fingerprint density at radius 1 is 1.27 bits per heavy atom. The first-order valence-electron chi connectivity index (χ1n) is 9.07. The summed E-state index contributed by atoms with van der Waals surface area (Å²) in [5.74, 6) is 0.331. The van der Waals surface area contributed by atoms with E-state index in [4.69, 9.17) is 0 Å². The van der Waals surface area contributed by atoms with Gasteiger partial charge in [-0.05, 0) is 51.8 Å². The number of anilines is 1. The van der Waals surface area contributed by atoms with Gasteiger partial charge < -0.3 is 15.7 Å². The lowest BCUT2D eigenvalue weighted by Gasteiger charge is -2.42. The lowest BCUT2D eigenvalue weighted by molar-refractivity contribution is -0.153. The summed E-state index contributed by atoms with van der Waals surface area (Å²) in [5.41, 5.74) is 0.262. The molecule has 0 amide bonds. The number of aliphatic hydroxyl groups is 1. The number of hydrogen-bond acceptors (Lipinski definition) is 6. The summed E-state index contributed by atoms with van der Waals surface area (Å²) >= 11 is 0. The maximum Gasteiger partial charge on any atom is 0.266 e. The molecule has 140 valence electrons. The Hall–Kier alpha value is -1.93. The molecule has 1 saturated heterocycles. The number of rotatable bonds is 4. The maximum absolute atomic E-state index is 13.0. The maximum atomic E-state index is 13.0. The van der Waals surface area contributed by atoms with Gasteiger partial charge >= 0.3 is 0 Å². The highest BCUT2D eigenvalue weighted by molar-refractivity contribution is 5.81. The largest absolute Gasteiger partial charge is 0.384 e. The van der Waals surface area contributed by atoms with E-state index in [1.807, 2.05) is 13.0 Å². The molecule has 0 bridgehead atoms. The Morgan fingerprint density at radius 3 is 2.69 bits per heavy atom. The topological polar surface area (TPSA) is 83.0 Å². The van der Waals surface area contributed by atoms with E-state index < -0.39 is 12.0 Å². The molecule has 0 radical (unpaired) electrons. The standard InChI is InChI=1S/C18H23F2N5O/c1-10-6-11-9-22-17(24-13-2-4-21-5-3-13)25-14(11)15(23-10)12-7-18(26,8-12)16(19)20/h6,9,12-13,16,21,26H,2-5,7-8H2,1H3,(H,22,24,25). The van der Waals surface area contributed by atoms with E-state index in [0.29, 0.717) is 23.2 Å². The number of aryl methyl sites for hydroxylation is 1. The second-order valence-electron chi connectivity index (χ2n) is 7.46. The molecule has 2 aromatic heterocycles. The van der Waals surface area contributed by atoms with Crippen molar-refractivity contribution in [2.24, 2.45) is 0 Å². The number of nitrogens with zero attached hydrogens (tertiary/aromatic N) is 3. The fourth-order valence-electron chi connectivity index (χ4n) is 3.87. The molecule has 1 saturated carbocycles. The SMILES string of the molecule is Cc1cc2cnc(NC3CCNCC3)nc2c(C2CC(O)(C(F)F)C2)n1. The number of pyridine rings is 1. The van der Waals surface area contributed by atoms with Crippen LogP contribution in [0.15, 0.2) is 12.3 Å². The van der Waals surface area contributed by atoms with Crippen molar-refractivity contribution in [1.82, 2.24) is 20.3 Å². The van der Waals surface area contributed by atoms with E-state index in [1.54, 1.807) is 6.20 Å². The van der Waals surface area contributed by atoms with Crippen molar-refractivity contribution < 1.29 is 13.9 Å². The van der Waals surface area contributed by atoms with Crippen molar-refractivity contribution in [2.75, 3.05) is 18.4 Å². The molecule has 2 fully saturated rings. The Kier molecular flexibility index (Phi) is 4.48. The molecule has 26 heavy (non-hydrogen) atoms. The monoisotopic (exact) mass is 363 g/mol. The summed E-state index contributed by atoms with van der Waals surface area (Å²) in [7, 11) is 0. The molecule has 6 nitrogen and oxygen atoms in total. The molecule has 0 unspecified atom stereocenters. The summed E-state index contributed by atoms with van der Waals surface area (Å²) in [4.78, 5) is 13.6. The van der Waals surface area contributed by atoms with E-state index in [2.05, 4.69) is 25.6 Å². The third kappa shape index (κ3) is 3.23. The van der Waals surface area contributed by atoms with Crippen LogP contribution < -0.4 is 10.6 Å². The van der Waals surface area contributed by atoms with Gasteiger partial charge in [0, 0.05) is 29.2 Å². The highest BCUT2D eigenvalue weighted by atomic mass is 19.3. The van der Waals surface area contributed by atoms with Gasteiger partial charge in [0.15, 0.2) is 0 Å². The van der Waals surface area contributed by atoms with Gasteiger partial charge in [-0.3, -0.25) is 4.98 Å². The summed E-state index contributed by atoms with van der Waals surface area (Å²) in [6.07, 6.45) is 1.05. The summed E-state index contributed by atoms with van der Waals surface area (Å²) < 4.78 is 25.9. The highest BCUT2D eigenvalue weighted by Gasteiger charge is 2.51. The van der Waals surface area contributed by atoms with Crippen LogP contribution in [-0.4, -0.2) is 51.2 Å². The minimum Gasteiger partial charge on any atom is -0.384 e. The minimum atomic E-state index is -2.73. The van der Waals surface area contributed by atoms with Crippen LogP contribution in [0, 0.1) is 6.92 Å². The molecule has 2 aromatic rings. The minimum absolute atomic E-state index is 0.0112. The molecule has 0 spiro atoms. The average molecular weight is 363 g/mol. The third-order valence-electron chi connectivity index (χ3n) is 5.39. The Bertz CT molecular complexity index is 804. The van der Waals surface area contributed by atoms with Crippen LogP contribution in [0.5, 0.6) is 0 Å². The molecule has 2 aliphatic rings. The number of aromatic nitrogens is 3. The number of piperidine rings is 1. The average Bonchev–Trinajstić information content (AvgIpc) is 2.59. The number of hydrogen-bond donors (Lipinski definition) is 3. The van der Waals surface area contributed by atoms with Crippen molar-refractivity contribution in [2.45, 2.75) is 56.6 Å². The summed E-state index contributed by atoms with van der Waals surface area (Å²) in [5, 5.41) is 17.4. The van der Waals surface area contributed by atoms with Gasteiger partial charge in [-0.15, -0.1) is 0 Å². The second kappa shape index (κ2) is 6.66. The zero-order chi connectivity index (χ0) is 18.3. The van der Waals surface area contributed by atoms with E-state index in [9.17, 15) is 13.9 Å². The van der Waals surface area contributed by atoms with Crippen LogP contribution >= 0.6 is 0 Å². The third-order valence-corrected chi connectivity index (χ3v) is 5.39. The molecule has 1 aliphatic carbocycles. The van der Waals surface area contributed by atoms with Gasteiger partial charge in [-0.25, -0.2) is 18.7 Å². The van der Waals surface area contributed by atoms with Gasteiger partial charge in [-0.2, -0.15) is 0 Å². The molecule has 3 heterocycles. The number of alkyl halides is 2. The molecule has 0 atom stereocenters. The first kappa shape index (κ1) is 17.5. The fraction of sp³-hybridized carbons (Fsp3) is 0.611. The fourth-order valence-corrected chi connectivity index (χ4v) is 3.87. The molecule has 3 N–H and O–H groups in total. The van der Waals surface area contributed by atoms with Crippen molar-refractivity contribution >= 4 is 16.9 Å². The van der Waals surface area contributed by atoms with Gasteiger partial charge in [0.05, 0.1) is 11.2 Å². The van der Waals surface area contributed by atoms with Crippen LogP contribution in [0.1, 0.15) is 43.0 Å². The molecular formula is C18H23F2N5O. The zero-order valence-electron chi connectivity index (χ0n) is 14.7. The van der Waals surface area contributed by atoms with Crippen molar-refractivity contribution in [3.63, 3.8) is 0 Å². The van der Waals surface area contributed by atoms with Crippen molar-refractivity contribution in [1.29, 1.82) is 0 Å². The number of halogens is 2. The van der Waals surface area contributed by atoms with Crippen molar-refractivity contribution in [3.8, 4) is 0 Å². The highest BCUT2D eigenvalue weighted by Crippen LogP contribution is 2.48. The van der Waals surface area contributed by atoms with E-state index in [0.717, 1.165) is 37.0 Å². The van der Waals surface area contributed by atoms with Gasteiger partial charge in [0.25, 0.3) is 6.43 Å². The first-order chi connectivity index (χ1) is 12.4. The predicted molar refractivity (Wildman–Crippen MR) is 94.5 cm³/mol. The first-order valence-corrected chi connectivity index (χ1v) is 9.07. The Labute approximate surface area is 150 Å². The van der Waals surface area contributed by atoms with Crippen LogP contribution in [0.2, 0.25) is 0 Å². The molecule has 0 aromatic carbocycles. The molecular weight excluding hydrogens is 340 g/mol. The Morgan fingerprint density at radius 2 is 2.00 bits per heavy atom. The quantitative estimate of drug-likeness (QED) is 0.774.